The first kappa shape index (κ1) is 12.4. The van der Waals surface area contributed by atoms with Crippen molar-refractivity contribution in [1.82, 2.24) is 0 Å². The van der Waals surface area contributed by atoms with E-state index in [1.807, 2.05) is 6.07 Å². The molecule has 1 saturated heterocycles. The Morgan fingerprint density at radius 2 is 2.29 bits per heavy atom. The number of hydrogen-bond donors (Lipinski definition) is 1. The van der Waals surface area contributed by atoms with Crippen LogP contribution in [-0.2, 0) is 11.2 Å². The molecule has 1 aliphatic rings. The summed E-state index contributed by atoms with van der Waals surface area (Å²) in [6, 6.07) is 8.36. The summed E-state index contributed by atoms with van der Waals surface area (Å²) in [6.07, 6.45) is 4.54. The lowest BCUT2D eigenvalue weighted by atomic mass is 10.1. The predicted octanol–water partition coefficient (Wildman–Crippen LogP) is 2.14. The van der Waals surface area contributed by atoms with Crippen LogP contribution in [0.25, 0.3) is 0 Å². The first-order valence-corrected chi connectivity index (χ1v) is 6.42. The number of hydrogen-bond acceptors (Lipinski definition) is 3. The van der Waals surface area contributed by atoms with Crippen LogP contribution in [0.3, 0.4) is 0 Å². The number of ether oxygens (including phenoxy) is 2. The van der Waals surface area contributed by atoms with Gasteiger partial charge in [0.05, 0.1) is 13.2 Å². The number of aryl methyl sites for hydroxylation is 1. The van der Waals surface area contributed by atoms with Gasteiger partial charge in [-0.05, 0) is 43.5 Å². The zero-order valence-electron chi connectivity index (χ0n) is 10.2. The molecule has 0 bridgehead atoms. The van der Waals surface area contributed by atoms with E-state index in [1.54, 1.807) is 0 Å². The lowest BCUT2D eigenvalue weighted by Crippen LogP contribution is -2.15. The van der Waals surface area contributed by atoms with E-state index in [2.05, 4.69) is 18.2 Å². The van der Waals surface area contributed by atoms with Gasteiger partial charge in [0.15, 0.2) is 0 Å². The van der Waals surface area contributed by atoms with Crippen molar-refractivity contribution >= 4 is 0 Å². The van der Waals surface area contributed by atoms with Crippen LogP contribution in [0.1, 0.15) is 24.8 Å². The largest absolute Gasteiger partial charge is 0.488 e. The van der Waals surface area contributed by atoms with Crippen LogP contribution in [0.15, 0.2) is 24.3 Å². The van der Waals surface area contributed by atoms with Gasteiger partial charge in [-0.1, -0.05) is 12.1 Å². The van der Waals surface area contributed by atoms with Crippen LogP contribution in [0.4, 0.5) is 0 Å². The molecule has 1 heterocycles. The number of unbranched alkanes of at least 4 members (excludes halogenated alkanes) is 1. The molecule has 1 aromatic rings. The van der Waals surface area contributed by atoms with E-state index in [1.165, 1.54) is 5.56 Å². The highest BCUT2D eigenvalue weighted by Gasteiger charge is 2.16. The topological polar surface area (TPSA) is 44.5 Å². The molecule has 0 aliphatic carbocycles. The molecule has 0 radical (unpaired) electrons. The summed E-state index contributed by atoms with van der Waals surface area (Å²) in [4.78, 5) is 0. The predicted molar refractivity (Wildman–Crippen MR) is 68.3 cm³/mol. The van der Waals surface area contributed by atoms with Crippen molar-refractivity contribution in [3.63, 3.8) is 0 Å². The summed E-state index contributed by atoms with van der Waals surface area (Å²) in [5.41, 5.74) is 6.82. The van der Waals surface area contributed by atoms with Gasteiger partial charge in [-0.15, -0.1) is 0 Å². The zero-order valence-corrected chi connectivity index (χ0v) is 10.2. The Hall–Kier alpha value is -1.06. The fourth-order valence-electron chi connectivity index (χ4n) is 2.05. The highest BCUT2D eigenvalue weighted by atomic mass is 16.5. The molecule has 1 atom stereocenters. The van der Waals surface area contributed by atoms with Gasteiger partial charge in [0, 0.05) is 6.42 Å². The molecule has 0 aromatic heterocycles. The maximum absolute atomic E-state index is 5.87. The zero-order chi connectivity index (χ0) is 11.9. The summed E-state index contributed by atoms with van der Waals surface area (Å²) < 4.78 is 11.2. The van der Waals surface area contributed by atoms with Gasteiger partial charge >= 0.3 is 0 Å². The van der Waals surface area contributed by atoms with Crippen LogP contribution in [0.5, 0.6) is 5.75 Å². The van der Waals surface area contributed by atoms with E-state index in [9.17, 15) is 0 Å². The monoisotopic (exact) mass is 235 g/mol. The normalized spacial score (nSPS) is 19.5. The number of nitrogens with two attached hydrogens (primary N) is 1. The minimum absolute atomic E-state index is 0.231. The molecule has 17 heavy (non-hydrogen) atoms. The third-order valence-electron chi connectivity index (χ3n) is 3.01. The quantitative estimate of drug-likeness (QED) is 0.768. The van der Waals surface area contributed by atoms with E-state index in [-0.39, 0.29) is 6.10 Å². The summed E-state index contributed by atoms with van der Waals surface area (Å²) in [7, 11) is 0. The Kier molecular flexibility index (Phi) is 4.83. The third-order valence-corrected chi connectivity index (χ3v) is 3.01. The fourth-order valence-corrected chi connectivity index (χ4v) is 2.05. The summed E-state index contributed by atoms with van der Waals surface area (Å²) >= 11 is 0. The molecule has 3 nitrogen and oxygen atoms in total. The lowest BCUT2D eigenvalue weighted by Gasteiger charge is -2.12. The molecule has 94 valence electrons. The lowest BCUT2D eigenvalue weighted by molar-refractivity contribution is 0.141. The molecule has 1 aliphatic heterocycles. The van der Waals surface area contributed by atoms with Crippen molar-refractivity contribution in [3.8, 4) is 5.75 Å². The van der Waals surface area contributed by atoms with Gasteiger partial charge in [0.1, 0.15) is 11.9 Å². The molecule has 0 saturated carbocycles. The van der Waals surface area contributed by atoms with Crippen molar-refractivity contribution < 1.29 is 9.47 Å². The van der Waals surface area contributed by atoms with Crippen molar-refractivity contribution in [2.75, 3.05) is 19.8 Å². The van der Waals surface area contributed by atoms with E-state index in [0.29, 0.717) is 0 Å². The maximum Gasteiger partial charge on any atom is 0.124 e. The van der Waals surface area contributed by atoms with Gasteiger partial charge < -0.3 is 15.2 Å². The Balaban J connectivity index is 1.86. The first-order chi connectivity index (χ1) is 8.38. The second-order valence-corrected chi connectivity index (χ2v) is 4.50. The summed E-state index contributed by atoms with van der Waals surface area (Å²) in [6.45, 7) is 2.31. The fraction of sp³-hybridized carbons (Fsp3) is 0.571. The Morgan fingerprint density at radius 1 is 1.35 bits per heavy atom. The van der Waals surface area contributed by atoms with Crippen molar-refractivity contribution in [2.24, 2.45) is 5.73 Å². The Bertz CT molecular complexity index is 335. The van der Waals surface area contributed by atoms with E-state index in [0.717, 1.165) is 51.2 Å². The highest BCUT2D eigenvalue weighted by molar-refractivity contribution is 5.28. The van der Waals surface area contributed by atoms with Crippen molar-refractivity contribution in [1.29, 1.82) is 0 Å². The van der Waals surface area contributed by atoms with Crippen LogP contribution >= 0.6 is 0 Å². The van der Waals surface area contributed by atoms with Crippen LogP contribution < -0.4 is 10.5 Å². The Labute approximate surface area is 103 Å². The van der Waals surface area contributed by atoms with E-state index in [4.69, 9.17) is 15.2 Å². The molecule has 0 amide bonds. The van der Waals surface area contributed by atoms with Crippen LogP contribution in [0.2, 0.25) is 0 Å². The molecule has 1 unspecified atom stereocenters. The SMILES string of the molecule is NCCCCc1cccc(OC2CCOC2)c1. The summed E-state index contributed by atoms with van der Waals surface area (Å²) in [5.74, 6) is 0.964. The number of benzene rings is 1. The average Bonchev–Trinajstić information content (AvgIpc) is 2.83. The van der Waals surface area contributed by atoms with Gasteiger partial charge in [0.2, 0.25) is 0 Å². The second-order valence-electron chi connectivity index (χ2n) is 4.50. The smallest absolute Gasteiger partial charge is 0.124 e. The number of rotatable bonds is 6. The minimum atomic E-state index is 0.231. The first-order valence-electron chi connectivity index (χ1n) is 6.42. The second kappa shape index (κ2) is 6.62. The highest BCUT2D eigenvalue weighted by Crippen LogP contribution is 2.19. The molecular weight excluding hydrogens is 214 g/mol. The molecule has 0 spiro atoms. The third kappa shape index (κ3) is 4.02. The molecule has 2 N–H and O–H groups in total. The maximum atomic E-state index is 5.87. The molecule has 3 heteroatoms. The molecule has 1 fully saturated rings. The van der Waals surface area contributed by atoms with Gasteiger partial charge in [0.25, 0.3) is 0 Å². The van der Waals surface area contributed by atoms with Gasteiger partial charge in [-0.3, -0.25) is 0 Å². The Morgan fingerprint density at radius 3 is 3.06 bits per heavy atom. The van der Waals surface area contributed by atoms with Crippen molar-refractivity contribution in [3.05, 3.63) is 29.8 Å². The molecule has 1 aromatic carbocycles. The summed E-state index contributed by atoms with van der Waals surface area (Å²) in [5, 5.41) is 0. The van der Waals surface area contributed by atoms with Gasteiger partial charge in [-0.25, -0.2) is 0 Å². The molecule has 2 rings (SSSR count). The van der Waals surface area contributed by atoms with Gasteiger partial charge in [-0.2, -0.15) is 0 Å². The average molecular weight is 235 g/mol. The van der Waals surface area contributed by atoms with E-state index >= 15 is 0 Å². The molecular formula is C14H21NO2. The minimum Gasteiger partial charge on any atom is -0.488 e. The van der Waals surface area contributed by atoms with Crippen molar-refractivity contribution in [2.45, 2.75) is 31.8 Å². The van der Waals surface area contributed by atoms with E-state index < -0.39 is 0 Å². The standard InChI is InChI=1S/C14H21NO2/c15-8-2-1-4-12-5-3-6-13(10-12)17-14-7-9-16-11-14/h3,5-6,10,14H,1-2,4,7-9,11,15H2. The van der Waals surface area contributed by atoms with Crippen LogP contribution in [-0.4, -0.2) is 25.9 Å². The van der Waals surface area contributed by atoms with Crippen LogP contribution in [0, 0.1) is 0 Å².